The molecule has 0 unspecified atom stereocenters. The minimum Gasteiger partial charge on any atom is -0.444 e. The number of benzene rings is 2. The number of anilines is 2. The van der Waals surface area contributed by atoms with Crippen molar-refractivity contribution in [1.29, 1.82) is 0 Å². The van der Waals surface area contributed by atoms with Crippen LogP contribution in [0.4, 0.5) is 20.7 Å². The Morgan fingerprint density at radius 2 is 1.83 bits per heavy atom. The second kappa shape index (κ2) is 10.9. The molecule has 7 rings (SSSR count). The molecule has 1 saturated heterocycles. The number of nitrogens with one attached hydrogen (secondary N) is 1. The Balaban J connectivity index is 1.16. The molecule has 2 aliphatic rings. The summed E-state index contributed by atoms with van der Waals surface area (Å²) in [5, 5.41) is 3.21. The molecule has 0 bridgehead atoms. The lowest BCUT2D eigenvalue weighted by Gasteiger charge is -2.40. The molecule has 12 nitrogen and oxygen atoms in total. The van der Waals surface area contributed by atoms with Crippen LogP contribution in [0.25, 0.3) is 27.8 Å². The van der Waals surface area contributed by atoms with E-state index in [0.29, 0.717) is 54.0 Å². The SMILES string of the molecule is CC(C)(C)OC(=O)N1CC(n2cc(-c3ccc(NC(=O)c4c5n(n(-c6ccccc6)c4=O)CCC5)cc3F)c3c(N)ncnc32)C1. The zero-order valence-corrected chi connectivity index (χ0v) is 25.7. The fourth-order valence-corrected chi connectivity index (χ4v) is 6.23. The van der Waals surface area contributed by atoms with Gasteiger partial charge in [-0.1, -0.05) is 18.2 Å². The first-order chi connectivity index (χ1) is 22.0. The van der Waals surface area contributed by atoms with E-state index in [4.69, 9.17) is 10.5 Å². The first kappa shape index (κ1) is 29.3. The molecule has 2 aromatic carbocycles. The van der Waals surface area contributed by atoms with E-state index in [2.05, 4.69) is 15.3 Å². The molecule has 0 atom stereocenters. The van der Waals surface area contributed by atoms with Gasteiger partial charge in [-0.05, 0) is 63.9 Å². The van der Waals surface area contributed by atoms with Gasteiger partial charge in [0.05, 0.1) is 22.8 Å². The van der Waals surface area contributed by atoms with Crippen molar-refractivity contribution in [2.45, 2.75) is 51.8 Å². The summed E-state index contributed by atoms with van der Waals surface area (Å²) in [7, 11) is 0. The minimum atomic E-state index is -0.607. The number of hydrogen-bond acceptors (Lipinski definition) is 7. The number of hydrogen-bond donors (Lipinski definition) is 2. The molecule has 0 saturated carbocycles. The number of nitrogens with two attached hydrogens (primary N) is 1. The smallest absolute Gasteiger partial charge is 0.410 e. The predicted molar refractivity (Wildman–Crippen MR) is 170 cm³/mol. The van der Waals surface area contributed by atoms with Crippen molar-refractivity contribution in [2.75, 3.05) is 24.1 Å². The van der Waals surface area contributed by atoms with E-state index in [1.165, 1.54) is 17.1 Å². The highest BCUT2D eigenvalue weighted by molar-refractivity contribution is 6.05. The lowest BCUT2D eigenvalue weighted by Crippen LogP contribution is -2.52. The van der Waals surface area contributed by atoms with Crippen LogP contribution in [0.1, 0.15) is 49.3 Å². The molecule has 3 N–H and O–H groups in total. The maximum Gasteiger partial charge on any atom is 0.410 e. The van der Waals surface area contributed by atoms with Gasteiger partial charge in [0.15, 0.2) is 0 Å². The summed E-state index contributed by atoms with van der Waals surface area (Å²) in [6.07, 6.45) is 4.12. The van der Waals surface area contributed by atoms with E-state index in [1.54, 1.807) is 23.2 Å². The molecular formula is C33H33FN8O4. The van der Waals surface area contributed by atoms with Crippen molar-refractivity contribution < 1.29 is 18.7 Å². The Labute approximate surface area is 263 Å². The number of fused-ring (bicyclic) bond motifs is 2. The number of likely N-dealkylation sites (tertiary alicyclic amines) is 1. The number of ether oxygens (including phenoxy) is 1. The molecule has 0 aliphatic carbocycles. The molecule has 2 aliphatic heterocycles. The van der Waals surface area contributed by atoms with E-state index in [0.717, 1.165) is 6.42 Å². The minimum absolute atomic E-state index is 0.0553. The van der Waals surface area contributed by atoms with Gasteiger partial charge in [-0.3, -0.25) is 14.3 Å². The van der Waals surface area contributed by atoms with Crippen LogP contribution in [0.3, 0.4) is 0 Å². The summed E-state index contributed by atoms with van der Waals surface area (Å²) in [6, 6.07) is 13.4. The third-order valence-corrected chi connectivity index (χ3v) is 8.32. The van der Waals surface area contributed by atoms with E-state index < -0.39 is 29.0 Å². The largest absolute Gasteiger partial charge is 0.444 e. The molecule has 236 valence electrons. The summed E-state index contributed by atoms with van der Waals surface area (Å²) in [5.74, 6) is -1.00. The van der Waals surface area contributed by atoms with Crippen LogP contribution in [0.5, 0.6) is 0 Å². The number of rotatable bonds is 5. The van der Waals surface area contributed by atoms with Crippen LogP contribution in [0, 0.1) is 5.82 Å². The van der Waals surface area contributed by atoms with Gasteiger partial charge in [0.1, 0.15) is 34.8 Å². The highest BCUT2D eigenvalue weighted by Gasteiger charge is 2.36. The van der Waals surface area contributed by atoms with Crippen molar-refractivity contribution in [3.63, 3.8) is 0 Å². The number of para-hydroxylation sites is 1. The highest BCUT2D eigenvalue weighted by atomic mass is 19.1. The molecule has 46 heavy (non-hydrogen) atoms. The first-order valence-corrected chi connectivity index (χ1v) is 15.1. The molecule has 5 aromatic rings. The van der Waals surface area contributed by atoms with Gasteiger partial charge in [-0.2, -0.15) is 0 Å². The summed E-state index contributed by atoms with van der Waals surface area (Å²) in [4.78, 5) is 49.6. The van der Waals surface area contributed by atoms with Gasteiger partial charge in [0, 0.05) is 42.6 Å². The summed E-state index contributed by atoms with van der Waals surface area (Å²) in [5.41, 5.74) is 8.07. The number of aromatic nitrogens is 5. The van der Waals surface area contributed by atoms with Gasteiger partial charge in [-0.15, -0.1) is 0 Å². The van der Waals surface area contributed by atoms with Crippen LogP contribution >= 0.6 is 0 Å². The lowest BCUT2D eigenvalue weighted by molar-refractivity contribution is 0.00151. The van der Waals surface area contributed by atoms with Crippen LogP contribution in [-0.2, 0) is 17.7 Å². The molecule has 3 aromatic heterocycles. The molecule has 13 heteroatoms. The van der Waals surface area contributed by atoms with Crippen LogP contribution in [-0.4, -0.2) is 59.5 Å². The first-order valence-electron chi connectivity index (χ1n) is 15.1. The number of amides is 2. The van der Waals surface area contributed by atoms with Gasteiger partial charge in [0.2, 0.25) is 0 Å². The van der Waals surface area contributed by atoms with Crippen molar-refractivity contribution >= 4 is 34.5 Å². The van der Waals surface area contributed by atoms with Crippen molar-refractivity contribution in [1.82, 2.24) is 28.8 Å². The number of nitrogen functional groups attached to an aromatic ring is 1. The van der Waals surface area contributed by atoms with Crippen molar-refractivity contribution in [2.24, 2.45) is 0 Å². The van der Waals surface area contributed by atoms with Crippen LogP contribution < -0.4 is 16.6 Å². The van der Waals surface area contributed by atoms with Crippen LogP contribution in [0.2, 0.25) is 0 Å². The summed E-state index contributed by atoms with van der Waals surface area (Å²) >= 11 is 0. The average molecular weight is 625 g/mol. The van der Waals surface area contributed by atoms with E-state index >= 15 is 4.39 Å². The van der Waals surface area contributed by atoms with Crippen molar-refractivity contribution in [3.8, 4) is 16.8 Å². The maximum absolute atomic E-state index is 15.8. The Hall–Kier alpha value is -5.46. The molecule has 1 fully saturated rings. The quantitative estimate of drug-likeness (QED) is 0.287. The van der Waals surface area contributed by atoms with E-state index in [9.17, 15) is 14.4 Å². The van der Waals surface area contributed by atoms with Gasteiger partial charge < -0.3 is 25.3 Å². The zero-order chi connectivity index (χ0) is 32.3. The monoisotopic (exact) mass is 624 g/mol. The molecule has 0 radical (unpaired) electrons. The second-order valence-corrected chi connectivity index (χ2v) is 12.6. The molecule has 2 amide bonds. The number of halogens is 1. The Morgan fingerprint density at radius 1 is 1.07 bits per heavy atom. The topological polar surface area (TPSA) is 142 Å². The summed E-state index contributed by atoms with van der Waals surface area (Å²) in [6.45, 7) is 6.85. The number of carbonyl (C=O) groups excluding carboxylic acids is 2. The average Bonchev–Trinajstić information content (AvgIpc) is 3.65. The normalized spacial score (nSPS) is 14.7. The fraction of sp³-hybridized carbons (Fsp3) is 0.303. The number of nitrogens with zero attached hydrogens (tertiary/aromatic N) is 6. The maximum atomic E-state index is 15.8. The third-order valence-electron chi connectivity index (χ3n) is 8.32. The van der Waals surface area contributed by atoms with Gasteiger partial charge in [-0.25, -0.2) is 23.8 Å². The lowest BCUT2D eigenvalue weighted by atomic mass is 10.0. The van der Waals surface area contributed by atoms with Crippen molar-refractivity contribution in [3.05, 3.63) is 88.5 Å². The Morgan fingerprint density at radius 3 is 2.54 bits per heavy atom. The van der Waals surface area contributed by atoms with Gasteiger partial charge in [0.25, 0.3) is 11.5 Å². The third kappa shape index (κ3) is 4.97. The highest BCUT2D eigenvalue weighted by Crippen LogP contribution is 2.38. The Bertz CT molecular complexity index is 2070. The standard InChI is InChI=1S/C33H33FN8O4/c1-33(2,3)46-32(45)39-15-21(16-39)40-17-23(26-28(35)36-18-37-29(26)40)22-12-11-19(14-24(22)34)38-30(43)27-25-10-7-13-41(25)42(31(27)44)20-8-5-4-6-9-20/h4-6,8-9,11-12,14,17-18,21H,7,10,13,15-16H2,1-3H3,(H,38,43)(H2,35,36,37). The van der Waals surface area contributed by atoms with Crippen LogP contribution in [0.15, 0.2) is 65.8 Å². The van der Waals surface area contributed by atoms with Gasteiger partial charge >= 0.3 is 6.09 Å². The Kier molecular flexibility index (Phi) is 6.91. The van der Waals surface area contributed by atoms with E-state index in [-0.39, 0.29) is 28.7 Å². The fourth-order valence-electron chi connectivity index (χ4n) is 6.23. The number of carbonyl (C=O) groups is 2. The molecular weight excluding hydrogens is 591 g/mol. The molecule has 5 heterocycles. The predicted octanol–water partition coefficient (Wildman–Crippen LogP) is 4.76. The molecule has 0 spiro atoms. The zero-order valence-electron chi connectivity index (χ0n) is 25.7. The van der Waals surface area contributed by atoms with E-state index in [1.807, 2.05) is 60.4 Å². The summed E-state index contributed by atoms with van der Waals surface area (Å²) < 4.78 is 26.5. The second-order valence-electron chi connectivity index (χ2n) is 12.6.